The molecule has 0 saturated carbocycles. The Morgan fingerprint density at radius 2 is 1.82 bits per heavy atom. The lowest BCUT2D eigenvalue weighted by Gasteiger charge is -2.31. The minimum Gasteiger partial charge on any atom is -0.343 e. The van der Waals surface area contributed by atoms with E-state index in [2.05, 4.69) is 6.07 Å². The SMILES string of the molecule is O=C(CCCS(=O)(=O)N1CCCC1)N1CCC(c2nc3ccccc3s2)CC1. The van der Waals surface area contributed by atoms with Crippen molar-refractivity contribution in [3.8, 4) is 0 Å². The smallest absolute Gasteiger partial charge is 0.222 e. The number of para-hydroxylation sites is 1. The van der Waals surface area contributed by atoms with Crippen LogP contribution in [0.25, 0.3) is 10.2 Å². The van der Waals surface area contributed by atoms with E-state index in [1.165, 1.54) is 9.71 Å². The highest BCUT2D eigenvalue weighted by molar-refractivity contribution is 7.89. The number of amides is 1. The lowest BCUT2D eigenvalue weighted by atomic mass is 9.97. The van der Waals surface area contributed by atoms with Crippen LogP contribution in [0.5, 0.6) is 0 Å². The normalized spacial score (nSPS) is 19.5. The molecular weight excluding hydrogens is 394 g/mol. The zero-order valence-corrected chi connectivity index (χ0v) is 17.7. The molecule has 0 atom stereocenters. The largest absolute Gasteiger partial charge is 0.343 e. The number of thiazole rings is 1. The fourth-order valence-corrected chi connectivity index (χ4v) is 6.82. The third-order valence-corrected chi connectivity index (χ3v) is 8.91. The van der Waals surface area contributed by atoms with Gasteiger partial charge in [0.25, 0.3) is 0 Å². The van der Waals surface area contributed by atoms with Crippen LogP contribution < -0.4 is 0 Å². The van der Waals surface area contributed by atoms with Gasteiger partial charge in [-0.05, 0) is 44.2 Å². The number of hydrogen-bond acceptors (Lipinski definition) is 5. The average Bonchev–Trinajstić information content (AvgIpc) is 3.38. The summed E-state index contributed by atoms with van der Waals surface area (Å²) in [5.74, 6) is 0.581. The van der Waals surface area contributed by atoms with Gasteiger partial charge >= 0.3 is 0 Å². The number of carbonyl (C=O) groups is 1. The van der Waals surface area contributed by atoms with Crippen LogP contribution in [0, 0.1) is 0 Å². The van der Waals surface area contributed by atoms with Crippen molar-refractivity contribution in [2.24, 2.45) is 0 Å². The van der Waals surface area contributed by atoms with Gasteiger partial charge in [0.2, 0.25) is 15.9 Å². The van der Waals surface area contributed by atoms with Crippen LogP contribution >= 0.6 is 11.3 Å². The number of sulfonamides is 1. The number of carbonyl (C=O) groups excluding carboxylic acids is 1. The summed E-state index contributed by atoms with van der Waals surface area (Å²) in [6, 6.07) is 8.20. The number of likely N-dealkylation sites (tertiary alicyclic amines) is 1. The predicted octanol–water partition coefficient (Wildman–Crippen LogP) is 3.21. The van der Waals surface area contributed by atoms with E-state index in [0.717, 1.165) is 44.3 Å². The van der Waals surface area contributed by atoms with Gasteiger partial charge in [-0.25, -0.2) is 17.7 Å². The molecule has 0 bridgehead atoms. The molecule has 0 N–H and O–H groups in total. The lowest BCUT2D eigenvalue weighted by Crippen LogP contribution is -2.38. The Kier molecular flexibility index (Phi) is 5.99. The van der Waals surface area contributed by atoms with Crippen LogP contribution in [-0.2, 0) is 14.8 Å². The average molecular weight is 422 g/mol. The van der Waals surface area contributed by atoms with E-state index in [4.69, 9.17) is 4.98 Å². The number of nitrogens with zero attached hydrogens (tertiary/aromatic N) is 3. The highest BCUT2D eigenvalue weighted by Gasteiger charge is 2.27. The molecule has 1 amide bonds. The van der Waals surface area contributed by atoms with Gasteiger partial charge in [0.1, 0.15) is 0 Å². The molecule has 6 nitrogen and oxygen atoms in total. The molecule has 152 valence electrons. The number of aromatic nitrogens is 1. The minimum atomic E-state index is -3.19. The van der Waals surface area contributed by atoms with E-state index in [1.54, 1.807) is 15.6 Å². The first-order valence-electron chi connectivity index (χ1n) is 10.1. The molecule has 0 radical (unpaired) electrons. The highest BCUT2D eigenvalue weighted by Crippen LogP contribution is 2.33. The Morgan fingerprint density at radius 3 is 2.54 bits per heavy atom. The van der Waals surface area contributed by atoms with Gasteiger partial charge in [-0.15, -0.1) is 11.3 Å². The van der Waals surface area contributed by atoms with Crippen LogP contribution in [-0.4, -0.2) is 60.4 Å². The first-order chi connectivity index (χ1) is 13.5. The fraction of sp³-hybridized carbons (Fsp3) is 0.600. The monoisotopic (exact) mass is 421 g/mol. The maximum absolute atomic E-state index is 12.5. The van der Waals surface area contributed by atoms with Crippen LogP contribution in [0.4, 0.5) is 0 Å². The molecule has 1 aromatic heterocycles. The number of hydrogen-bond donors (Lipinski definition) is 0. The Labute approximate surface area is 170 Å². The zero-order valence-electron chi connectivity index (χ0n) is 16.0. The van der Waals surface area contributed by atoms with Crippen molar-refractivity contribution in [3.05, 3.63) is 29.3 Å². The number of fused-ring (bicyclic) bond motifs is 1. The summed E-state index contributed by atoms with van der Waals surface area (Å²) in [6.45, 7) is 2.74. The van der Waals surface area contributed by atoms with Gasteiger partial charge in [0.05, 0.1) is 21.0 Å². The van der Waals surface area contributed by atoms with E-state index in [-0.39, 0.29) is 11.7 Å². The quantitative estimate of drug-likeness (QED) is 0.718. The molecule has 2 aliphatic heterocycles. The van der Waals surface area contributed by atoms with Crippen LogP contribution in [0.3, 0.4) is 0 Å². The summed E-state index contributed by atoms with van der Waals surface area (Å²) < 4.78 is 27.3. The standard InChI is InChI=1S/C20H27N3O3S2/c24-19(8-5-15-28(25,26)23-11-3-4-12-23)22-13-9-16(10-14-22)20-21-17-6-1-2-7-18(17)27-20/h1-2,6-7,16H,3-5,8-15H2. The summed E-state index contributed by atoms with van der Waals surface area (Å²) in [5.41, 5.74) is 1.06. The van der Waals surface area contributed by atoms with Gasteiger partial charge in [-0.3, -0.25) is 4.79 Å². The Morgan fingerprint density at radius 1 is 1.11 bits per heavy atom. The Hall–Kier alpha value is -1.51. The summed E-state index contributed by atoms with van der Waals surface area (Å²) in [5, 5.41) is 1.17. The van der Waals surface area contributed by atoms with Gasteiger partial charge in [-0.2, -0.15) is 0 Å². The Balaban J connectivity index is 1.24. The molecule has 1 aromatic carbocycles. The lowest BCUT2D eigenvalue weighted by molar-refractivity contribution is -0.132. The molecule has 8 heteroatoms. The molecule has 0 unspecified atom stereocenters. The van der Waals surface area contributed by atoms with Crippen LogP contribution in [0.15, 0.2) is 24.3 Å². The highest BCUT2D eigenvalue weighted by atomic mass is 32.2. The molecule has 0 spiro atoms. The summed E-state index contributed by atoms with van der Waals surface area (Å²) >= 11 is 1.76. The van der Waals surface area contributed by atoms with Gasteiger partial charge in [0, 0.05) is 38.5 Å². The number of piperidine rings is 1. The molecular formula is C20H27N3O3S2. The van der Waals surface area contributed by atoms with Crippen molar-refractivity contribution >= 4 is 37.5 Å². The molecule has 2 fully saturated rings. The van der Waals surface area contributed by atoms with E-state index in [1.807, 2.05) is 23.1 Å². The van der Waals surface area contributed by atoms with Gasteiger partial charge in [-0.1, -0.05) is 12.1 Å². The molecule has 0 aliphatic carbocycles. The number of benzene rings is 1. The van der Waals surface area contributed by atoms with E-state index < -0.39 is 10.0 Å². The van der Waals surface area contributed by atoms with Gasteiger partial charge < -0.3 is 4.90 Å². The van der Waals surface area contributed by atoms with Crippen molar-refractivity contribution in [2.75, 3.05) is 31.9 Å². The first-order valence-corrected chi connectivity index (χ1v) is 12.6. The molecule has 2 aromatic rings. The van der Waals surface area contributed by atoms with Crippen molar-refractivity contribution in [1.82, 2.24) is 14.2 Å². The predicted molar refractivity (Wildman–Crippen MR) is 112 cm³/mol. The molecule has 4 rings (SSSR count). The molecule has 3 heterocycles. The van der Waals surface area contributed by atoms with E-state index in [0.29, 0.717) is 31.8 Å². The third kappa shape index (κ3) is 4.39. The first kappa shape index (κ1) is 19.8. The second-order valence-electron chi connectivity index (χ2n) is 7.70. The molecule has 2 saturated heterocycles. The maximum Gasteiger partial charge on any atom is 0.222 e. The summed E-state index contributed by atoms with van der Waals surface area (Å²) in [4.78, 5) is 19.2. The Bertz CT molecular complexity index is 894. The van der Waals surface area contributed by atoms with Crippen LogP contribution in [0.1, 0.15) is 49.5 Å². The third-order valence-electron chi connectivity index (χ3n) is 5.76. The van der Waals surface area contributed by atoms with Crippen LogP contribution in [0.2, 0.25) is 0 Å². The summed E-state index contributed by atoms with van der Waals surface area (Å²) in [6.07, 6.45) is 4.48. The van der Waals surface area contributed by atoms with Crippen molar-refractivity contribution in [1.29, 1.82) is 0 Å². The topological polar surface area (TPSA) is 70.6 Å². The zero-order chi connectivity index (χ0) is 19.6. The minimum absolute atomic E-state index is 0.0828. The second kappa shape index (κ2) is 8.47. The summed E-state index contributed by atoms with van der Waals surface area (Å²) in [7, 11) is -3.19. The maximum atomic E-state index is 12.5. The number of rotatable bonds is 6. The molecule has 2 aliphatic rings. The van der Waals surface area contributed by atoms with E-state index >= 15 is 0 Å². The second-order valence-corrected chi connectivity index (χ2v) is 10.9. The van der Waals surface area contributed by atoms with E-state index in [9.17, 15) is 13.2 Å². The molecule has 28 heavy (non-hydrogen) atoms. The fourth-order valence-electron chi connectivity index (χ4n) is 4.10. The van der Waals surface area contributed by atoms with Crippen molar-refractivity contribution < 1.29 is 13.2 Å². The van der Waals surface area contributed by atoms with Crippen molar-refractivity contribution in [2.45, 2.75) is 44.4 Å². The van der Waals surface area contributed by atoms with Gasteiger partial charge in [0.15, 0.2) is 0 Å². The van der Waals surface area contributed by atoms with Crippen molar-refractivity contribution in [3.63, 3.8) is 0 Å².